The first-order chi connectivity index (χ1) is 8.44. The Kier molecular flexibility index (Phi) is 6.44. The molecule has 1 rings (SSSR count). The molecule has 0 saturated heterocycles. The quantitative estimate of drug-likeness (QED) is 0.658. The summed E-state index contributed by atoms with van der Waals surface area (Å²) in [7, 11) is 0. The lowest BCUT2D eigenvalue weighted by molar-refractivity contribution is 0.281. The van der Waals surface area contributed by atoms with Gasteiger partial charge >= 0.3 is 0 Å². The molecule has 1 unspecified atom stereocenters. The van der Waals surface area contributed by atoms with Crippen molar-refractivity contribution in [2.24, 2.45) is 5.41 Å². The van der Waals surface area contributed by atoms with E-state index in [-0.39, 0.29) is 6.04 Å². The van der Waals surface area contributed by atoms with Gasteiger partial charge in [0.2, 0.25) is 0 Å². The fourth-order valence-corrected chi connectivity index (χ4v) is 2.35. The molecule has 1 N–H and O–H groups in total. The van der Waals surface area contributed by atoms with Gasteiger partial charge in [0.05, 0.1) is 6.04 Å². The SMILES string of the molecule is CCCCCC(C)(C)CNC(C)c1ccc(Br)o1. The van der Waals surface area contributed by atoms with Crippen LogP contribution < -0.4 is 5.32 Å². The van der Waals surface area contributed by atoms with Crippen LogP contribution in [0.25, 0.3) is 0 Å². The van der Waals surface area contributed by atoms with Gasteiger partial charge in [0.15, 0.2) is 4.67 Å². The molecular formula is C15H26BrNO. The average molecular weight is 316 g/mol. The molecule has 2 nitrogen and oxygen atoms in total. The van der Waals surface area contributed by atoms with Crippen molar-refractivity contribution in [3.8, 4) is 0 Å². The molecule has 3 heteroatoms. The molecule has 0 aromatic carbocycles. The molecule has 104 valence electrons. The zero-order valence-electron chi connectivity index (χ0n) is 12.1. The minimum absolute atomic E-state index is 0.266. The van der Waals surface area contributed by atoms with Gasteiger partial charge in [0.1, 0.15) is 5.76 Å². The lowest BCUT2D eigenvalue weighted by Crippen LogP contribution is -2.31. The second kappa shape index (κ2) is 7.34. The third-order valence-corrected chi connectivity index (χ3v) is 3.79. The van der Waals surface area contributed by atoms with Crippen LogP contribution in [0.5, 0.6) is 0 Å². The fourth-order valence-electron chi connectivity index (χ4n) is 2.03. The minimum Gasteiger partial charge on any atom is -0.453 e. The molecule has 0 saturated carbocycles. The molecular weight excluding hydrogens is 290 g/mol. The number of unbranched alkanes of at least 4 members (excludes halogenated alkanes) is 2. The topological polar surface area (TPSA) is 25.2 Å². The Balaban J connectivity index is 2.34. The van der Waals surface area contributed by atoms with Crippen molar-refractivity contribution in [3.63, 3.8) is 0 Å². The maximum Gasteiger partial charge on any atom is 0.169 e. The van der Waals surface area contributed by atoms with Crippen molar-refractivity contribution in [2.75, 3.05) is 6.54 Å². The standard InChI is InChI=1S/C15H26BrNO/c1-5-6-7-10-15(3,4)11-17-12(2)13-8-9-14(16)18-13/h8-9,12,17H,5-7,10-11H2,1-4H3. The number of hydrogen-bond acceptors (Lipinski definition) is 2. The minimum atomic E-state index is 0.266. The second-order valence-electron chi connectivity index (χ2n) is 5.87. The Morgan fingerprint density at radius 1 is 1.33 bits per heavy atom. The van der Waals surface area contributed by atoms with E-state index in [1.165, 1.54) is 25.7 Å². The maximum absolute atomic E-state index is 5.56. The molecule has 1 aromatic rings. The highest BCUT2D eigenvalue weighted by molar-refractivity contribution is 9.10. The van der Waals surface area contributed by atoms with Gasteiger partial charge in [-0.3, -0.25) is 0 Å². The number of furan rings is 1. The van der Waals surface area contributed by atoms with Crippen molar-refractivity contribution in [2.45, 2.75) is 59.4 Å². The Morgan fingerprint density at radius 3 is 2.61 bits per heavy atom. The highest BCUT2D eigenvalue weighted by Crippen LogP contribution is 2.25. The van der Waals surface area contributed by atoms with E-state index in [1.54, 1.807) is 0 Å². The molecule has 18 heavy (non-hydrogen) atoms. The van der Waals surface area contributed by atoms with Gasteiger partial charge in [0.25, 0.3) is 0 Å². The van der Waals surface area contributed by atoms with Crippen molar-refractivity contribution >= 4 is 15.9 Å². The Labute approximate surface area is 120 Å². The first kappa shape index (κ1) is 15.8. The number of nitrogens with one attached hydrogen (secondary N) is 1. The van der Waals surface area contributed by atoms with E-state index in [9.17, 15) is 0 Å². The van der Waals surface area contributed by atoms with Crippen LogP contribution in [-0.4, -0.2) is 6.54 Å². The van der Waals surface area contributed by atoms with Crippen LogP contribution in [-0.2, 0) is 0 Å². The van der Waals surface area contributed by atoms with Gasteiger partial charge in [-0.05, 0) is 46.8 Å². The fraction of sp³-hybridized carbons (Fsp3) is 0.733. The highest BCUT2D eigenvalue weighted by Gasteiger charge is 2.19. The van der Waals surface area contributed by atoms with Crippen LogP contribution in [0.1, 0.15) is 65.2 Å². The average Bonchev–Trinajstić information content (AvgIpc) is 2.73. The van der Waals surface area contributed by atoms with E-state index in [4.69, 9.17) is 4.42 Å². The number of rotatable bonds is 8. The summed E-state index contributed by atoms with van der Waals surface area (Å²) >= 11 is 3.34. The number of halogens is 1. The molecule has 1 atom stereocenters. The molecule has 0 aliphatic rings. The Hall–Kier alpha value is -0.280. The molecule has 0 aliphatic heterocycles. The summed E-state index contributed by atoms with van der Waals surface area (Å²) in [6.45, 7) is 10.1. The van der Waals surface area contributed by atoms with E-state index in [0.717, 1.165) is 17.0 Å². The van der Waals surface area contributed by atoms with E-state index in [0.29, 0.717) is 5.41 Å². The zero-order chi connectivity index (χ0) is 13.6. The van der Waals surface area contributed by atoms with E-state index < -0.39 is 0 Å². The molecule has 0 bridgehead atoms. The van der Waals surface area contributed by atoms with Crippen LogP contribution in [0.4, 0.5) is 0 Å². The summed E-state index contributed by atoms with van der Waals surface area (Å²) in [5.41, 5.74) is 0.354. The van der Waals surface area contributed by atoms with Gasteiger partial charge in [-0.15, -0.1) is 0 Å². The van der Waals surface area contributed by atoms with Crippen LogP contribution >= 0.6 is 15.9 Å². The van der Waals surface area contributed by atoms with Gasteiger partial charge < -0.3 is 9.73 Å². The zero-order valence-corrected chi connectivity index (χ0v) is 13.6. The summed E-state index contributed by atoms with van der Waals surface area (Å²) in [5.74, 6) is 0.992. The van der Waals surface area contributed by atoms with E-state index >= 15 is 0 Å². The summed E-state index contributed by atoms with van der Waals surface area (Å²) in [6, 6.07) is 4.23. The largest absolute Gasteiger partial charge is 0.453 e. The molecule has 0 amide bonds. The van der Waals surface area contributed by atoms with Gasteiger partial charge in [-0.25, -0.2) is 0 Å². The lowest BCUT2D eigenvalue weighted by atomic mass is 9.86. The lowest BCUT2D eigenvalue weighted by Gasteiger charge is -2.26. The summed E-state index contributed by atoms with van der Waals surface area (Å²) < 4.78 is 6.36. The first-order valence-corrected chi connectivity index (χ1v) is 7.72. The molecule has 0 radical (unpaired) electrons. The van der Waals surface area contributed by atoms with E-state index in [1.807, 2.05) is 12.1 Å². The van der Waals surface area contributed by atoms with Gasteiger partial charge in [0, 0.05) is 6.54 Å². The van der Waals surface area contributed by atoms with Crippen molar-refractivity contribution in [1.82, 2.24) is 5.32 Å². The van der Waals surface area contributed by atoms with E-state index in [2.05, 4.69) is 48.9 Å². The molecule has 0 aliphatic carbocycles. The van der Waals surface area contributed by atoms with Gasteiger partial charge in [-0.2, -0.15) is 0 Å². The predicted octanol–water partition coefficient (Wildman–Crippen LogP) is 5.30. The molecule has 0 fully saturated rings. The number of hydrogen-bond donors (Lipinski definition) is 1. The Bertz CT molecular complexity index is 346. The monoisotopic (exact) mass is 315 g/mol. The van der Waals surface area contributed by atoms with Crippen LogP contribution in [0, 0.1) is 5.41 Å². The van der Waals surface area contributed by atoms with Crippen molar-refractivity contribution in [3.05, 3.63) is 22.6 Å². The highest BCUT2D eigenvalue weighted by atomic mass is 79.9. The molecule has 0 spiro atoms. The maximum atomic E-state index is 5.56. The first-order valence-electron chi connectivity index (χ1n) is 6.93. The molecule has 1 aromatic heterocycles. The van der Waals surface area contributed by atoms with Crippen molar-refractivity contribution in [1.29, 1.82) is 0 Å². The second-order valence-corrected chi connectivity index (χ2v) is 6.65. The third-order valence-electron chi connectivity index (χ3n) is 3.36. The van der Waals surface area contributed by atoms with Crippen molar-refractivity contribution < 1.29 is 4.42 Å². The molecule has 1 heterocycles. The Morgan fingerprint density at radius 2 is 2.06 bits per heavy atom. The summed E-state index contributed by atoms with van der Waals surface area (Å²) in [6.07, 6.45) is 5.23. The van der Waals surface area contributed by atoms with Crippen LogP contribution in [0.2, 0.25) is 0 Å². The summed E-state index contributed by atoms with van der Waals surface area (Å²) in [5, 5.41) is 3.56. The van der Waals surface area contributed by atoms with Gasteiger partial charge in [-0.1, -0.05) is 40.0 Å². The smallest absolute Gasteiger partial charge is 0.169 e. The third kappa shape index (κ3) is 5.57. The van der Waals surface area contributed by atoms with Crippen LogP contribution in [0.15, 0.2) is 21.2 Å². The predicted molar refractivity (Wildman–Crippen MR) is 80.7 cm³/mol. The normalized spacial score (nSPS) is 13.8. The summed E-state index contributed by atoms with van der Waals surface area (Å²) in [4.78, 5) is 0. The van der Waals surface area contributed by atoms with Crippen LogP contribution in [0.3, 0.4) is 0 Å².